The van der Waals surface area contributed by atoms with E-state index >= 15 is 0 Å². The lowest BCUT2D eigenvalue weighted by Gasteiger charge is -2.26. The van der Waals surface area contributed by atoms with Gasteiger partial charge in [-0.25, -0.2) is 0 Å². The Hall–Kier alpha value is -3.19. The van der Waals surface area contributed by atoms with Gasteiger partial charge >= 0.3 is 0 Å². The highest BCUT2D eigenvalue weighted by molar-refractivity contribution is 6.10. The summed E-state index contributed by atoms with van der Waals surface area (Å²) in [6, 6.07) is 13.8. The number of para-hydroxylation sites is 2. The molecule has 7 heteroatoms. The van der Waals surface area contributed by atoms with E-state index in [0.29, 0.717) is 19.1 Å². The summed E-state index contributed by atoms with van der Waals surface area (Å²) < 4.78 is 23.4. The molecule has 174 valence electrons. The molecule has 0 spiro atoms. The molecular weight excluding hydrogens is 418 g/mol. The van der Waals surface area contributed by atoms with Gasteiger partial charge in [-0.2, -0.15) is 0 Å². The van der Waals surface area contributed by atoms with Gasteiger partial charge in [-0.05, 0) is 68.2 Å². The van der Waals surface area contributed by atoms with Gasteiger partial charge in [0.1, 0.15) is 25.6 Å². The van der Waals surface area contributed by atoms with Crippen molar-refractivity contribution in [3.8, 4) is 17.2 Å². The Labute approximate surface area is 194 Å². The number of nitrogens with two attached hydrogens (primary N) is 1. The Balaban J connectivity index is 1.16. The molecule has 1 fully saturated rings. The van der Waals surface area contributed by atoms with Crippen LogP contribution in [0.4, 0.5) is 0 Å². The quantitative estimate of drug-likeness (QED) is 0.624. The minimum absolute atomic E-state index is 0.215. The van der Waals surface area contributed by atoms with Crippen molar-refractivity contribution in [2.45, 2.75) is 25.4 Å². The third-order valence-corrected chi connectivity index (χ3v) is 6.17. The van der Waals surface area contributed by atoms with Crippen LogP contribution in [0.1, 0.15) is 24.0 Å². The van der Waals surface area contributed by atoms with Gasteiger partial charge in [0.25, 0.3) is 0 Å². The molecule has 5 rings (SSSR count). The highest BCUT2D eigenvalue weighted by atomic mass is 16.6. The molecule has 0 saturated carbocycles. The first-order valence-electron chi connectivity index (χ1n) is 11.8. The fraction of sp³-hybridized carbons (Fsp3) is 0.423. The zero-order valence-corrected chi connectivity index (χ0v) is 18.9. The van der Waals surface area contributed by atoms with Gasteiger partial charge in [0, 0.05) is 24.7 Å². The van der Waals surface area contributed by atoms with Gasteiger partial charge in [0.15, 0.2) is 23.5 Å². The van der Waals surface area contributed by atoms with Crippen molar-refractivity contribution in [1.82, 2.24) is 4.90 Å². The van der Waals surface area contributed by atoms with Crippen LogP contribution in [0.15, 0.2) is 59.4 Å². The first kappa shape index (κ1) is 21.6. The first-order chi connectivity index (χ1) is 16.2. The molecule has 0 aliphatic carbocycles. The summed E-state index contributed by atoms with van der Waals surface area (Å²) in [5.74, 6) is 2.71. The first-order valence-corrected chi connectivity index (χ1v) is 11.8. The second-order valence-corrected chi connectivity index (χ2v) is 8.59. The Morgan fingerprint density at radius 1 is 1.15 bits per heavy atom. The van der Waals surface area contributed by atoms with Crippen molar-refractivity contribution in [3.05, 3.63) is 65.6 Å². The van der Waals surface area contributed by atoms with Crippen LogP contribution in [-0.2, 0) is 11.2 Å². The van der Waals surface area contributed by atoms with Gasteiger partial charge in [-0.3, -0.25) is 9.89 Å². The Morgan fingerprint density at radius 2 is 2.00 bits per heavy atom. The summed E-state index contributed by atoms with van der Waals surface area (Å²) in [6.45, 7) is 5.54. The lowest BCUT2D eigenvalue weighted by atomic mass is 9.97. The fourth-order valence-electron chi connectivity index (χ4n) is 4.43. The van der Waals surface area contributed by atoms with Gasteiger partial charge in [0.2, 0.25) is 0 Å². The highest BCUT2D eigenvalue weighted by Gasteiger charge is 2.21. The fourth-order valence-corrected chi connectivity index (χ4v) is 4.43. The van der Waals surface area contributed by atoms with Crippen LogP contribution in [-0.4, -0.2) is 62.7 Å². The average molecular weight is 450 g/mol. The molecule has 3 aliphatic rings. The molecule has 7 nitrogen and oxygen atoms in total. The molecule has 3 heterocycles. The van der Waals surface area contributed by atoms with Crippen molar-refractivity contribution in [2.24, 2.45) is 10.7 Å². The van der Waals surface area contributed by atoms with Crippen molar-refractivity contribution >= 4 is 5.71 Å². The highest BCUT2D eigenvalue weighted by Crippen LogP contribution is 2.31. The van der Waals surface area contributed by atoms with Crippen LogP contribution < -0.4 is 19.9 Å². The lowest BCUT2D eigenvalue weighted by molar-refractivity contribution is 0.0312. The summed E-state index contributed by atoms with van der Waals surface area (Å²) in [7, 11) is 0. The van der Waals surface area contributed by atoms with Crippen LogP contribution in [0.3, 0.4) is 0 Å². The molecule has 2 aromatic carbocycles. The molecule has 0 aromatic heterocycles. The van der Waals surface area contributed by atoms with Crippen LogP contribution in [0.25, 0.3) is 0 Å². The molecule has 2 N–H and O–H groups in total. The Bertz CT molecular complexity index is 1030. The normalized spacial score (nSPS) is 20.2. The lowest BCUT2D eigenvalue weighted by Crippen LogP contribution is -2.33. The van der Waals surface area contributed by atoms with Gasteiger partial charge in [0.05, 0.1) is 5.71 Å². The van der Waals surface area contributed by atoms with Gasteiger partial charge in [-0.15, -0.1) is 0 Å². The third kappa shape index (κ3) is 5.42. The van der Waals surface area contributed by atoms with E-state index in [4.69, 9.17) is 24.7 Å². The minimum Gasteiger partial charge on any atom is -0.492 e. The van der Waals surface area contributed by atoms with Crippen molar-refractivity contribution in [1.29, 1.82) is 0 Å². The number of rotatable bonds is 8. The zero-order valence-electron chi connectivity index (χ0n) is 18.9. The summed E-state index contributed by atoms with van der Waals surface area (Å²) in [4.78, 5) is 7.11. The summed E-state index contributed by atoms with van der Waals surface area (Å²) in [5, 5.41) is 0. The number of likely N-dealkylation sites (tertiary alicyclic amines) is 1. The maximum absolute atomic E-state index is 6.16. The maximum Gasteiger partial charge on any atom is 0.186 e. The molecular formula is C26H31N3O4. The largest absolute Gasteiger partial charge is 0.492 e. The number of hydrogen-bond acceptors (Lipinski definition) is 7. The predicted molar refractivity (Wildman–Crippen MR) is 127 cm³/mol. The molecule has 0 bridgehead atoms. The number of ether oxygens (including phenoxy) is 4. The SMILES string of the molecule is NC(=CC1=NCCc2cc(OCCN3CCCC3)ccc21)OCC1COc2ccccc2O1. The van der Waals surface area contributed by atoms with E-state index in [9.17, 15) is 0 Å². The molecule has 2 aromatic rings. The molecule has 1 unspecified atom stereocenters. The van der Waals surface area contributed by atoms with E-state index in [1.54, 1.807) is 6.08 Å². The van der Waals surface area contributed by atoms with Gasteiger partial charge in [-0.1, -0.05) is 12.1 Å². The average Bonchev–Trinajstić information content (AvgIpc) is 3.36. The topological polar surface area (TPSA) is 78.5 Å². The monoisotopic (exact) mass is 449 g/mol. The van der Waals surface area contributed by atoms with E-state index in [2.05, 4.69) is 22.0 Å². The van der Waals surface area contributed by atoms with Gasteiger partial charge < -0.3 is 24.7 Å². The third-order valence-electron chi connectivity index (χ3n) is 6.17. The van der Waals surface area contributed by atoms with Crippen LogP contribution >= 0.6 is 0 Å². The standard InChI is InChI=1S/C26H31N3O4/c27-26(32-18-21-17-31-24-5-1-2-6-25(24)33-21)16-23-22-8-7-20(15-19(22)9-10-28-23)30-14-13-29-11-3-4-12-29/h1-2,5-8,15-16,21H,3-4,9-14,17-18,27H2. The smallest absolute Gasteiger partial charge is 0.186 e. The van der Waals surface area contributed by atoms with E-state index < -0.39 is 0 Å². The van der Waals surface area contributed by atoms with Crippen LogP contribution in [0.2, 0.25) is 0 Å². The summed E-state index contributed by atoms with van der Waals surface area (Å²) >= 11 is 0. The predicted octanol–water partition coefficient (Wildman–Crippen LogP) is 3.16. The zero-order chi connectivity index (χ0) is 22.5. The summed E-state index contributed by atoms with van der Waals surface area (Å²) in [6.07, 6.45) is 5.08. The van der Waals surface area contributed by atoms with E-state index in [1.165, 1.54) is 31.5 Å². The molecule has 0 amide bonds. The van der Waals surface area contributed by atoms with E-state index in [1.807, 2.05) is 30.3 Å². The van der Waals surface area contributed by atoms with Crippen LogP contribution in [0, 0.1) is 0 Å². The number of hydrogen-bond donors (Lipinski definition) is 1. The Kier molecular flexibility index (Phi) is 6.67. The molecule has 0 radical (unpaired) electrons. The molecule has 1 saturated heterocycles. The second kappa shape index (κ2) is 10.2. The minimum atomic E-state index is -0.215. The Morgan fingerprint density at radius 3 is 2.88 bits per heavy atom. The van der Waals surface area contributed by atoms with Crippen LogP contribution in [0.5, 0.6) is 17.2 Å². The molecule has 3 aliphatic heterocycles. The number of aliphatic imine (C=N–C) groups is 1. The van der Waals surface area contributed by atoms with Crippen molar-refractivity contribution in [2.75, 3.05) is 46.0 Å². The number of fused-ring (bicyclic) bond motifs is 2. The van der Waals surface area contributed by atoms with Crippen molar-refractivity contribution < 1.29 is 18.9 Å². The van der Waals surface area contributed by atoms with E-state index in [-0.39, 0.29) is 6.10 Å². The number of nitrogens with zero attached hydrogens (tertiary/aromatic N) is 2. The van der Waals surface area contributed by atoms with E-state index in [0.717, 1.165) is 54.6 Å². The molecule has 33 heavy (non-hydrogen) atoms. The molecule has 1 atom stereocenters. The number of allylic oxidation sites excluding steroid dienone is 1. The second-order valence-electron chi connectivity index (χ2n) is 8.59. The summed E-state index contributed by atoms with van der Waals surface area (Å²) in [5.41, 5.74) is 9.30. The number of benzene rings is 2. The van der Waals surface area contributed by atoms with Crippen molar-refractivity contribution in [3.63, 3.8) is 0 Å². The maximum atomic E-state index is 6.16.